The molecule has 0 heterocycles. The molecular weight excluding hydrogens is 324 g/mol. The molecule has 0 aliphatic rings. The summed E-state index contributed by atoms with van der Waals surface area (Å²) in [6.07, 6.45) is 0. The first kappa shape index (κ1) is 16.8. The summed E-state index contributed by atoms with van der Waals surface area (Å²) in [5.74, 6) is -2.86. The van der Waals surface area contributed by atoms with E-state index in [1.807, 2.05) is 0 Å². The number of nitrogens with one attached hydrogen (secondary N) is 1. The van der Waals surface area contributed by atoms with Crippen LogP contribution >= 0.6 is 0 Å². The molecule has 126 valence electrons. The van der Waals surface area contributed by atoms with Crippen LogP contribution in [0.4, 0.5) is 14.5 Å². The number of carbonyl (C=O) groups is 1. The molecule has 0 spiro atoms. The lowest BCUT2D eigenvalue weighted by Gasteiger charge is -2.28. The number of hydrogen-bond donors (Lipinski definition) is 2. The van der Waals surface area contributed by atoms with Crippen LogP contribution in [0.1, 0.15) is 11.1 Å². The molecule has 1 amide bonds. The Morgan fingerprint density at radius 1 is 0.800 bits per heavy atom. The van der Waals surface area contributed by atoms with Gasteiger partial charge >= 0.3 is 0 Å². The van der Waals surface area contributed by atoms with Crippen molar-refractivity contribution in [2.75, 3.05) is 5.32 Å². The molecule has 0 saturated carbocycles. The molecule has 0 atom stereocenters. The Hall–Kier alpha value is -3.05. The zero-order valence-corrected chi connectivity index (χ0v) is 13.1. The molecule has 0 saturated heterocycles. The molecule has 0 aliphatic carbocycles. The summed E-state index contributed by atoms with van der Waals surface area (Å²) < 4.78 is 26.4. The van der Waals surface area contributed by atoms with Crippen molar-refractivity contribution in [2.24, 2.45) is 0 Å². The van der Waals surface area contributed by atoms with Crippen LogP contribution in [0.2, 0.25) is 0 Å². The van der Waals surface area contributed by atoms with Crippen LogP contribution in [-0.2, 0) is 10.4 Å². The van der Waals surface area contributed by atoms with Gasteiger partial charge in [0.2, 0.25) is 0 Å². The summed E-state index contributed by atoms with van der Waals surface area (Å²) >= 11 is 0. The summed E-state index contributed by atoms with van der Waals surface area (Å²) in [6.45, 7) is 0. The van der Waals surface area contributed by atoms with E-state index < -0.39 is 23.1 Å². The van der Waals surface area contributed by atoms with Crippen LogP contribution in [0.15, 0.2) is 78.9 Å². The molecular formula is C20H15F2NO2. The van der Waals surface area contributed by atoms with Crippen LogP contribution in [0, 0.1) is 11.6 Å². The van der Waals surface area contributed by atoms with Gasteiger partial charge in [-0.1, -0.05) is 60.7 Å². The lowest BCUT2D eigenvalue weighted by atomic mass is 9.85. The molecule has 0 fully saturated rings. The van der Waals surface area contributed by atoms with E-state index in [9.17, 15) is 18.7 Å². The highest BCUT2D eigenvalue weighted by molar-refractivity contribution is 6.00. The minimum absolute atomic E-state index is 0.0502. The fourth-order valence-electron chi connectivity index (χ4n) is 2.58. The first-order valence-electron chi connectivity index (χ1n) is 7.62. The molecule has 0 bridgehead atoms. The Balaban J connectivity index is 2.02. The first-order chi connectivity index (χ1) is 12.0. The highest BCUT2D eigenvalue weighted by Gasteiger charge is 2.39. The highest BCUT2D eigenvalue weighted by atomic mass is 19.2. The van der Waals surface area contributed by atoms with Crippen molar-refractivity contribution in [3.8, 4) is 0 Å². The quantitative estimate of drug-likeness (QED) is 0.759. The summed E-state index contributed by atoms with van der Waals surface area (Å²) in [5.41, 5.74) is -1.20. The number of anilines is 1. The predicted octanol–water partition coefficient (Wildman–Crippen LogP) is 3.84. The van der Waals surface area contributed by atoms with Gasteiger partial charge in [0.25, 0.3) is 5.91 Å². The average molecular weight is 339 g/mol. The lowest BCUT2D eigenvalue weighted by Crippen LogP contribution is -2.41. The first-order valence-corrected chi connectivity index (χ1v) is 7.62. The van der Waals surface area contributed by atoms with Crippen molar-refractivity contribution in [1.82, 2.24) is 0 Å². The molecule has 3 rings (SSSR count). The molecule has 3 aromatic rings. The average Bonchev–Trinajstić information content (AvgIpc) is 2.65. The maximum absolute atomic E-state index is 13.4. The van der Waals surface area contributed by atoms with Gasteiger partial charge in [0, 0.05) is 11.8 Å². The Kier molecular flexibility index (Phi) is 4.59. The van der Waals surface area contributed by atoms with Crippen molar-refractivity contribution >= 4 is 11.6 Å². The van der Waals surface area contributed by atoms with Crippen molar-refractivity contribution in [3.63, 3.8) is 0 Å². The number of rotatable bonds is 4. The fourth-order valence-corrected chi connectivity index (χ4v) is 2.58. The van der Waals surface area contributed by atoms with E-state index in [4.69, 9.17) is 0 Å². The molecule has 0 unspecified atom stereocenters. The van der Waals surface area contributed by atoms with E-state index in [-0.39, 0.29) is 5.69 Å². The topological polar surface area (TPSA) is 49.3 Å². The number of aliphatic hydroxyl groups is 1. The van der Waals surface area contributed by atoms with E-state index in [2.05, 4.69) is 5.32 Å². The molecule has 0 aliphatic heterocycles. The Morgan fingerprint density at radius 2 is 1.32 bits per heavy atom. The second-order valence-corrected chi connectivity index (χ2v) is 5.53. The zero-order valence-electron chi connectivity index (χ0n) is 13.1. The number of carbonyl (C=O) groups excluding carboxylic acids is 1. The molecule has 0 radical (unpaired) electrons. The number of amides is 1. The van der Waals surface area contributed by atoms with Crippen molar-refractivity contribution in [3.05, 3.63) is 102 Å². The van der Waals surface area contributed by atoms with Crippen LogP contribution < -0.4 is 5.32 Å². The zero-order chi connectivity index (χ0) is 17.9. The Morgan fingerprint density at radius 3 is 1.80 bits per heavy atom. The molecule has 3 nitrogen and oxygen atoms in total. The standard InChI is InChI=1S/C20H15F2NO2/c21-17-12-11-16(13-18(17)22)23-19(24)20(25,14-7-3-1-4-8-14)15-9-5-2-6-10-15/h1-13,25H,(H,23,24). The van der Waals surface area contributed by atoms with Gasteiger partial charge in [-0.25, -0.2) is 8.78 Å². The van der Waals surface area contributed by atoms with Gasteiger partial charge in [-0.05, 0) is 23.3 Å². The van der Waals surface area contributed by atoms with E-state index in [1.54, 1.807) is 60.7 Å². The third-order valence-electron chi connectivity index (χ3n) is 3.89. The Bertz CT molecular complexity index is 843. The second kappa shape index (κ2) is 6.83. The summed E-state index contributed by atoms with van der Waals surface area (Å²) in [6, 6.07) is 19.8. The maximum Gasteiger partial charge on any atom is 0.265 e. The normalized spacial score (nSPS) is 11.2. The van der Waals surface area contributed by atoms with E-state index >= 15 is 0 Å². The van der Waals surface area contributed by atoms with Gasteiger partial charge in [0.15, 0.2) is 17.2 Å². The molecule has 0 aromatic heterocycles. The summed E-state index contributed by atoms with van der Waals surface area (Å²) in [7, 11) is 0. The van der Waals surface area contributed by atoms with E-state index in [0.29, 0.717) is 11.1 Å². The third-order valence-corrected chi connectivity index (χ3v) is 3.89. The van der Waals surface area contributed by atoms with Gasteiger partial charge in [-0.15, -0.1) is 0 Å². The van der Waals surface area contributed by atoms with E-state index in [0.717, 1.165) is 12.1 Å². The van der Waals surface area contributed by atoms with Crippen LogP contribution in [0.25, 0.3) is 0 Å². The Labute approximate surface area is 143 Å². The summed E-state index contributed by atoms with van der Waals surface area (Å²) in [5, 5.41) is 13.7. The van der Waals surface area contributed by atoms with Crippen LogP contribution in [0.5, 0.6) is 0 Å². The van der Waals surface area contributed by atoms with Crippen molar-refractivity contribution in [1.29, 1.82) is 0 Å². The van der Waals surface area contributed by atoms with Gasteiger partial charge < -0.3 is 10.4 Å². The van der Waals surface area contributed by atoms with Crippen molar-refractivity contribution < 1.29 is 18.7 Å². The molecule has 25 heavy (non-hydrogen) atoms. The SMILES string of the molecule is O=C(Nc1ccc(F)c(F)c1)C(O)(c1ccccc1)c1ccccc1. The number of hydrogen-bond acceptors (Lipinski definition) is 2. The lowest BCUT2D eigenvalue weighted by molar-refractivity contribution is -0.131. The number of halogens is 2. The monoisotopic (exact) mass is 339 g/mol. The number of benzene rings is 3. The van der Waals surface area contributed by atoms with Gasteiger partial charge in [-0.3, -0.25) is 4.79 Å². The van der Waals surface area contributed by atoms with Gasteiger partial charge in [-0.2, -0.15) is 0 Å². The van der Waals surface area contributed by atoms with E-state index in [1.165, 1.54) is 6.07 Å². The summed E-state index contributed by atoms with van der Waals surface area (Å²) in [4.78, 5) is 12.9. The van der Waals surface area contributed by atoms with Crippen LogP contribution in [0.3, 0.4) is 0 Å². The second-order valence-electron chi connectivity index (χ2n) is 5.53. The highest BCUT2D eigenvalue weighted by Crippen LogP contribution is 2.31. The minimum atomic E-state index is -1.98. The molecule has 3 aromatic carbocycles. The smallest absolute Gasteiger partial charge is 0.265 e. The van der Waals surface area contributed by atoms with Gasteiger partial charge in [0.05, 0.1) is 0 Å². The molecule has 5 heteroatoms. The predicted molar refractivity (Wildman–Crippen MR) is 90.9 cm³/mol. The largest absolute Gasteiger partial charge is 0.372 e. The van der Waals surface area contributed by atoms with Crippen LogP contribution in [-0.4, -0.2) is 11.0 Å². The fraction of sp³-hybridized carbons (Fsp3) is 0.0500. The maximum atomic E-state index is 13.4. The van der Waals surface area contributed by atoms with Crippen molar-refractivity contribution in [2.45, 2.75) is 5.60 Å². The third kappa shape index (κ3) is 3.27. The van der Waals surface area contributed by atoms with Gasteiger partial charge in [0.1, 0.15) is 0 Å². The minimum Gasteiger partial charge on any atom is -0.372 e. The molecule has 2 N–H and O–H groups in total.